The van der Waals surface area contributed by atoms with Gasteiger partial charge in [0.15, 0.2) is 0 Å². The number of aldehydes is 1. The van der Waals surface area contributed by atoms with E-state index in [0.29, 0.717) is 64.2 Å². The summed E-state index contributed by atoms with van der Waals surface area (Å²) in [5, 5.41) is 0. The van der Waals surface area contributed by atoms with Crippen molar-refractivity contribution in [2.75, 3.05) is 52.4 Å². The van der Waals surface area contributed by atoms with Gasteiger partial charge in [0, 0.05) is 64.5 Å². The molecule has 1 heterocycles. The Bertz CT molecular complexity index is 1090. The lowest BCUT2D eigenvalue weighted by atomic mass is 10.1. The van der Waals surface area contributed by atoms with Crippen LogP contribution in [0.5, 0.6) is 0 Å². The number of hydrogen-bond donors (Lipinski definition) is 0. The smallest absolute Gasteiger partial charge is 0.410 e. The topological polar surface area (TPSA) is 109 Å². The molecule has 0 radical (unpaired) electrons. The lowest BCUT2D eigenvalue weighted by Crippen LogP contribution is -2.47. The van der Waals surface area contributed by atoms with Gasteiger partial charge >= 0.3 is 18.3 Å². The van der Waals surface area contributed by atoms with Gasteiger partial charge in [0.2, 0.25) is 0 Å². The standard InChI is InChI=1S/C33H54N4O7/c1-31(2,3)42-28(39)35-18-11-19-37(30(41)44-33(7,8)9)23-22-36(29(40)43-32(4,5)6)17-10-16-34(20-21-35)24-26-12-14-27(25-38)15-13-26/h12-15,25H,10-11,16-24H2,1-9H3. The molecule has 0 N–H and O–H groups in total. The second kappa shape index (κ2) is 16.1. The van der Waals surface area contributed by atoms with Crippen molar-refractivity contribution < 1.29 is 33.4 Å². The van der Waals surface area contributed by atoms with Crippen molar-refractivity contribution in [3.63, 3.8) is 0 Å². The summed E-state index contributed by atoms with van der Waals surface area (Å²) in [5.41, 5.74) is -0.340. The minimum Gasteiger partial charge on any atom is -0.444 e. The van der Waals surface area contributed by atoms with Crippen LogP contribution in [0.1, 0.15) is 91.1 Å². The Morgan fingerprint density at radius 1 is 0.591 bits per heavy atom. The average molecular weight is 619 g/mol. The number of benzene rings is 1. The molecule has 0 spiro atoms. The van der Waals surface area contributed by atoms with Gasteiger partial charge in [0.25, 0.3) is 0 Å². The zero-order chi connectivity index (χ0) is 33.1. The quantitative estimate of drug-likeness (QED) is 0.309. The summed E-state index contributed by atoms with van der Waals surface area (Å²) in [6.45, 7) is 20.4. The van der Waals surface area contributed by atoms with Crippen LogP contribution in [0.15, 0.2) is 24.3 Å². The van der Waals surface area contributed by atoms with Gasteiger partial charge in [0.1, 0.15) is 23.1 Å². The molecule has 0 bridgehead atoms. The molecule has 0 aliphatic carbocycles. The highest BCUT2D eigenvalue weighted by atomic mass is 16.6. The number of hydrogen-bond acceptors (Lipinski definition) is 8. The summed E-state index contributed by atoms with van der Waals surface area (Å²) in [5.74, 6) is 0. The molecule has 0 atom stereocenters. The molecule has 2 rings (SSSR count). The third-order valence-electron chi connectivity index (χ3n) is 6.56. The van der Waals surface area contributed by atoms with Crippen LogP contribution in [-0.4, -0.2) is 113 Å². The third kappa shape index (κ3) is 14.4. The molecule has 1 fully saturated rings. The summed E-state index contributed by atoms with van der Waals surface area (Å²) >= 11 is 0. The first-order chi connectivity index (χ1) is 20.3. The van der Waals surface area contributed by atoms with E-state index in [0.717, 1.165) is 11.8 Å². The van der Waals surface area contributed by atoms with E-state index in [1.165, 1.54) is 0 Å². The van der Waals surface area contributed by atoms with Crippen LogP contribution in [0.4, 0.5) is 14.4 Å². The van der Waals surface area contributed by atoms with Crippen molar-refractivity contribution in [2.45, 2.75) is 98.5 Å². The van der Waals surface area contributed by atoms with E-state index < -0.39 is 35.1 Å². The predicted octanol–water partition coefficient (Wildman–Crippen LogP) is 5.81. The summed E-state index contributed by atoms with van der Waals surface area (Å²) in [4.78, 5) is 57.9. The monoisotopic (exact) mass is 618 g/mol. The fraction of sp³-hybridized carbons (Fsp3) is 0.697. The fourth-order valence-corrected chi connectivity index (χ4v) is 4.53. The van der Waals surface area contributed by atoms with Crippen LogP contribution in [0.2, 0.25) is 0 Å². The van der Waals surface area contributed by atoms with E-state index in [4.69, 9.17) is 14.2 Å². The Labute approximate surface area is 263 Å². The van der Waals surface area contributed by atoms with Crippen LogP contribution in [0.3, 0.4) is 0 Å². The third-order valence-corrected chi connectivity index (χ3v) is 6.56. The molecule has 0 saturated carbocycles. The maximum Gasteiger partial charge on any atom is 0.410 e. The highest BCUT2D eigenvalue weighted by Crippen LogP contribution is 2.16. The van der Waals surface area contributed by atoms with Crippen LogP contribution < -0.4 is 0 Å². The lowest BCUT2D eigenvalue weighted by Gasteiger charge is -2.34. The summed E-state index contributed by atoms with van der Waals surface area (Å²) < 4.78 is 17.1. The minimum atomic E-state index is -0.680. The molecule has 0 aromatic heterocycles. The van der Waals surface area contributed by atoms with Gasteiger partial charge in [-0.25, -0.2) is 14.4 Å². The van der Waals surface area contributed by atoms with Crippen molar-refractivity contribution in [1.29, 1.82) is 0 Å². The molecule has 1 aromatic carbocycles. The van der Waals surface area contributed by atoms with Crippen molar-refractivity contribution in [3.8, 4) is 0 Å². The number of amides is 3. The number of nitrogens with zero attached hydrogens (tertiary/aromatic N) is 4. The minimum absolute atomic E-state index is 0.257. The maximum atomic E-state index is 13.2. The first kappa shape index (κ1) is 36.8. The second-order valence-corrected chi connectivity index (χ2v) is 14.2. The highest BCUT2D eigenvalue weighted by Gasteiger charge is 2.28. The lowest BCUT2D eigenvalue weighted by molar-refractivity contribution is 0.0101. The predicted molar refractivity (Wildman–Crippen MR) is 170 cm³/mol. The van der Waals surface area contributed by atoms with E-state index in [1.54, 1.807) is 26.8 Å². The first-order valence-corrected chi connectivity index (χ1v) is 15.6. The second-order valence-electron chi connectivity index (χ2n) is 14.2. The van der Waals surface area contributed by atoms with E-state index in [1.807, 2.05) is 74.4 Å². The van der Waals surface area contributed by atoms with Gasteiger partial charge in [-0.1, -0.05) is 24.3 Å². The Kier molecular flexibility index (Phi) is 13.5. The maximum absolute atomic E-state index is 13.2. The Hall–Kier alpha value is -3.34. The van der Waals surface area contributed by atoms with Crippen LogP contribution in [0, 0.1) is 0 Å². The van der Waals surface area contributed by atoms with E-state index in [2.05, 4.69) is 4.90 Å². The van der Waals surface area contributed by atoms with Crippen LogP contribution in [0.25, 0.3) is 0 Å². The number of ether oxygens (including phenoxy) is 3. The summed E-state index contributed by atoms with van der Waals surface area (Å²) in [6, 6.07) is 7.44. The molecule has 11 nitrogen and oxygen atoms in total. The molecule has 248 valence electrons. The van der Waals surface area contributed by atoms with Crippen molar-refractivity contribution in [1.82, 2.24) is 19.6 Å². The molecule has 1 aromatic rings. The zero-order valence-corrected chi connectivity index (χ0v) is 28.3. The molecular weight excluding hydrogens is 564 g/mol. The molecule has 1 aliphatic rings. The largest absolute Gasteiger partial charge is 0.444 e. The van der Waals surface area contributed by atoms with E-state index in [9.17, 15) is 19.2 Å². The molecule has 0 unspecified atom stereocenters. The zero-order valence-electron chi connectivity index (χ0n) is 28.3. The number of carbonyl (C=O) groups is 4. The SMILES string of the molecule is CC(C)(C)OC(=O)N1CCCN(C(=O)OC(C)(C)C)CCN(C(=O)OC(C)(C)C)CCCN(Cc2ccc(C=O)cc2)CC1. The fourth-order valence-electron chi connectivity index (χ4n) is 4.53. The van der Waals surface area contributed by atoms with Crippen molar-refractivity contribution in [2.24, 2.45) is 0 Å². The van der Waals surface area contributed by atoms with Gasteiger partial charge in [-0.3, -0.25) is 9.69 Å². The van der Waals surface area contributed by atoms with Gasteiger partial charge < -0.3 is 28.9 Å². The van der Waals surface area contributed by atoms with Gasteiger partial charge in [-0.15, -0.1) is 0 Å². The molecular formula is C33H54N4O7. The van der Waals surface area contributed by atoms with E-state index in [-0.39, 0.29) is 13.1 Å². The normalized spacial score (nSPS) is 17.0. The number of carbonyl (C=O) groups excluding carboxylic acids is 4. The molecule has 44 heavy (non-hydrogen) atoms. The van der Waals surface area contributed by atoms with E-state index >= 15 is 0 Å². The Morgan fingerprint density at radius 3 is 1.32 bits per heavy atom. The van der Waals surface area contributed by atoms with Gasteiger partial charge in [-0.05, 0) is 80.7 Å². The van der Waals surface area contributed by atoms with Crippen molar-refractivity contribution >= 4 is 24.6 Å². The first-order valence-electron chi connectivity index (χ1n) is 15.6. The highest BCUT2D eigenvalue weighted by molar-refractivity contribution is 5.74. The van der Waals surface area contributed by atoms with Gasteiger partial charge in [-0.2, -0.15) is 0 Å². The average Bonchev–Trinajstić information content (AvgIpc) is 2.87. The molecule has 1 aliphatic heterocycles. The van der Waals surface area contributed by atoms with Crippen LogP contribution in [-0.2, 0) is 20.8 Å². The van der Waals surface area contributed by atoms with Crippen molar-refractivity contribution in [3.05, 3.63) is 35.4 Å². The van der Waals surface area contributed by atoms with Gasteiger partial charge in [0.05, 0.1) is 0 Å². The molecule has 3 amide bonds. The van der Waals surface area contributed by atoms with Crippen LogP contribution >= 0.6 is 0 Å². The number of rotatable bonds is 3. The molecule has 1 saturated heterocycles. The Balaban J connectivity index is 2.33. The molecule has 11 heteroatoms. The Morgan fingerprint density at radius 2 is 0.955 bits per heavy atom. The summed E-state index contributed by atoms with van der Waals surface area (Å²) in [6.07, 6.45) is 0.659. The summed E-state index contributed by atoms with van der Waals surface area (Å²) in [7, 11) is 0.